The first-order valence-corrected chi connectivity index (χ1v) is 4.45. The zero-order valence-corrected chi connectivity index (χ0v) is 7.59. The standard InChI is InChI=1S/C9H11NS/c1-8-6-11-7-9(8)4-3-5-10-2/h6-7,10H,5H2,1-2H3. The highest BCUT2D eigenvalue weighted by Gasteiger charge is 1.91. The second-order valence-corrected chi connectivity index (χ2v) is 3.04. The average Bonchev–Trinajstić information content (AvgIpc) is 2.37. The first-order chi connectivity index (χ1) is 5.34. The third-order valence-corrected chi connectivity index (χ3v) is 2.21. The number of aryl methyl sites for hydroxylation is 1. The molecule has 0 saturated heterocycles. The van der Waals surface area contributed by atoms with E-state index in [0.29, 0.717) is 0 Å². The maximum atomic E-state index is 3.09. The lowest BCUT2D eigenvalue weighted by molar-refractivity contribution is 0.938. The van der Waals surface area contributed by atoms with E-state index in [0.717, 1.165) is 12.1 Å². The molecule has 0 aromatic carbocycles. The minimum atomic E-state index is 0.759. The molecule has 1 heterocycles. The van der Waals surface area contributed by atoms with Crippen LogP contribution in [0.3, 0.4) is 0 Å². The largest absolute Gasteiger partial charge is 0.309 e. The molecule has 0 atom stereocenters. The van der Waals surface area contributed by atoms with E-state index in [1.54, 1.807) is 11.3 Å². The lowest BCUT2D eigenvalue weighted by Crippen LogP contribution is -2.04. The fourth-order valence-corrected chi connectivity index (χ4v) is 1.50. The first-order valence-electron chi connectivity index (χ1n) is 3.51. The summed E-state index contributed by atoms with van der Waals surface area (Å²) in [6.45, 7) is 2.84. The zero-order valence-electron chi connectivity index (χ0n) is 6.77. The van der Waals surface area contributed by atoms with Gasteiger partial charge >= 0.3 is 0 Å². The Kier molecular flexibility index (Phi) is 3.15. The molecule has 0 aliphatic rings. The van der Waals surface area contributed by atoms with Gasteiger partial charge in [0.15, 0.2) is 0 Å². The Morgan fingerprint density at radius 3 is 2.91 bits per heavy atom. The van der Waals surface area contributed by atoms with Crippen molar-refractivity contribution in [3.63, 3.8) is 0 Å². The predicted molar refractivity (Wildman–Crippen MR) is 49.9 cm³/mol. The predicted octanol–water partition coefficient (Wildman–Crippen LogP) is 1.63. The third-order valence-electron chi connectivity index (χ3n) is 1.34. The fraction of sp³-hybridized carbons (Fsp3) is 0.333. The van der Waals surface area contributed by atoms with Gasteiger partial charge in [0.25, 0.3) is 0 Å². The number of hydrogen-bond donors (Lipinski definition) is 1. The smallest absolute Gasteiger partial charge is 0.0577 e. The molecule has 1 aromatic heterocycles. The molecule has 1 nitrogen and oxygen atoms in total. The van der Waals surface area contributed by atoms with Crippen molar-refractivity contribution in [2.75, 3.05) is 13.6 Å². The lowest BCUT2D eigenvalue weighted by atomic mass is 10.2. The topological polar surface area (TPSA) is 12.0 Å². The highest BCUT2D eigenvalue weighted by Crippen LogP contribution is 2.11. The highest BCUT2D eigenvalue weighted by molar-refractivity contribution is 7.08. The van der Waals surface area contributed by atoms with E-state index < -0.39 is 0 Å². The van der Waals surface area contributed by atoms with Gasteiger partial charge < -0.3 is 5.32 Å². The fourth-order valence-electron chi connectivity index (χ4n) is 0.716. The van der Waals surface area contributed by atoms with Gasteiger partial charge in [-0.2, -0.15) is 11.3 Å². The maximum Gasteiger partial charge on any atom is 0.0577 e. The molecule has 0 fully saturated rings. The molecule has 0 aliphatic carbocycles. The monoisotopic (exact) mass is 165 g/mol. The van der Waals surface area contributed by atoms with Crippen molar-refractivity contribution in [1.29, 1.82) is 0 Å². The van der Waals surface area contributed by atoms with Gasteiger partial charge in [-0.3, -0.25) is 0 Å². The molecule has 0 aliphatic heterocycles. The minimum absolute atomic E-state index is 0.759. The van der Waals surface area contributed by atoms with Gasteiger partial charge in [-0.25, -0.2) is 0 Å². The van der Waals surface area contributed by atoms with Crippen LogP contribution in [0.2, 0.25) is 0 Å². The van der Waals surface area contributed by atoms with Crippen molar-refractivity contribution in [2.24, 2.45) is 0 Å². The molecule has 0 radical (unpaired) electrons. The molecule has 2 heteroatoms. The zero-order chi connectivity index (χ0) is 8.10. The van der Waals surface area contributed by atoms with E-state index in [-0.39, 0.29) is 0 Å². The SMILES string of the molecule is CNCC#Cc1cscc1C. The number of thiophene rings is 1. The van der Waals surface area contributed by atoms with Gasteiger partial charge in [0, 0.05) is 10.9 Å². The van der Waals surface area contributed by atoms with E-state index in [1.165, 1.54) is 5.56 Å². The molecule has 0 spiro atoms. The summed E-state index contributed by atoms with van der Waals surface area (Å²) in [5.74, 6) is 6.12. The maximum absolute atomic E-state index is 3.09. The lowest BCUT2D eigenvalue weighted by Gasteiger charge is -1.85. The van der Waals surface area contributed by atoms with Gasteiger partial charge in [0.05, 0.1) is 6.54 Å². The molecular weight excluding hydrogens is 154 g/mol. The van der Waals surface area contributed by atoms with Crippen molar-refractivity contribution in [1.82, 2.24) is 5.32 Å². The van der Waals surface area contributed by atoms with Gasteiger partial charge in [-0.15, -0.1) is 0 Å². The van der Waals surface area contributed by atoms with Crippen molar-refractivity contribution in [3.8, 4) is 11.8 Å². The van der Waals surface area contributed by atoms with Crippen LogP contribution in [0.4, 0.5) is 0 Å². The Hall–Kier alpha value is -0.780. The van der Waals surface area contributed by atoms with Gasteiger partial charge in [-0.1, -0.05) is 11.8 Å². The van der Waals surface area contributed by atoms with Crippen LogP contribution in [0.5, 0.6) is 0 Å². The van der Waals surface area contributed by atoms with Crippen LogP contribution in [0, 0.1) is 18.8 Å². The van der Waals surface area contributed by atoms with E-state index in [1.807, 2.05) is 7.05 Å². The summed E-state index contributed by atoms with van der Waals surface area (Å²) in [6.07, 6.45) is 0. The molecule has 0 saturated carbocycles. The molecule has 0 unspecified atom stereocenters. The van der Waals surface area contributed by atoms with Gasteiger partial charge in [0.2, 0.25) is 0 Å². The Balaban J connectivity index is 2.65. The summed E-state index contributed by atoms with van der Waals surface area (Å²) < 4.78 is 0. The van der Waals surface area contributed by atoms with Crippen LogP contribution in [0.1, 0.15) is 11.1 Å². The van der Waals surface area contributed by atoms with Crippen molar-refractivity contribution < 1.29 is 0 Å². The van der Waals surface area contributed by atoms with E-state index >= 15 is 0 Å². The molecule has 58 valence electrons. The number of hydrogen-bond acceptors (Lipinski definition) is 2. The molecule has 0 bridgehead atoms. The van der Waals surface area contributed by atoms with Crippen molar-refractivity contribution in [3.05, 3.63) is 21.9 Å². The molecule has 1 N–H and O–H groups in total. The summed E-state index contributed by atoms with van der Waals surface area (Å²) in [6, 6.07) is 0. The number of rotatable bonds is 1. The van der Waals surface area contributed by atoms with Crippen molar-refractivity contribution >= 4 is 11.3 Å². The van der Waals surface area contributed by atoms with Crippen LogP contribution in [0.15, 0.2) is 10.8 Å². The van der Waals surface area contributed by atoms with Crippen molar-refractivity contribution in [2.45, 2.75) is 6.92 Å². The Bertz CT molecular complexity index is 277. The summed E-state index contributed by atoms with van der Waals surface area (Å²) in [5.41, 5.74) is 2.43. The summed E-state index contributed by atoms with van der Waals surface area (Å²) in [5, 5.41) is 7.18. The van der Waals surface area contributed by atoms with E-state index in [2.05, 4.69) is 34.8 Å². The Morgan fingerprint density at radius 2 is 2.36 bits per heavy atom. The quantitative estimate of drug-likeness (QED) is 0.624. The molecule has 11 heavy (non-hydrogen) atoms. The second-order valence-electron chi connectivity index (χ2n) is 2.30. The second kappa shape index (κ2) is 4.17. The van der Waals surface area contributed by atoms with Gasteiger partial charge in [-0.05, 0) is 24.9 Å². The molecular formula is C9H11NS. The Morgan fingerprint density at radius 1 is 1.55 bits per heavy atom. The minimum Gasteiger partial charge on any atom is -0.309 e. The first kappa shape index (κ1) is 8.32. The average molecular weight is 165 g/mol. The Labute approximate surface area is 71.4 Å². The normalized spacial score (nSPS) is 8.91. The van der Waals surface area contributed by atoms with Crippen LogP contribution < -0.4 is 5.32 Å². The van der Waals surface area contributed by atoms with Crippen LogP contribution in [0.25, 0.3) is 0 Å². The van der Waals surface area contributed by atoms with Crippen LogP contribution in [-0.2, 0) is 0 Å². The molecule has 0 amide bonds. The van der Waals surface area contributed by atoms with E-state index in [9.17, 15) is 0 Å². The van der Waals surface area contributed by atoms with E-state index in [4.69, 9.17) is 0 Å². The molecule has 1 rings (SSSR count). The highest BCUT2D eigenvalue weighted by atomic mass is 32.1. The third kappa shape index (κ3) is 2.38. The van der Waals surface area contributed by atoms with Crippen LogP contribution in [-0.4, -0.2) is 13.6 Å². The van der Waals surface area contributed by atoms with Crippen LogP contribution >= 0.6 is 11.3 Å². The summed E-state index contributed by atoms with van der Waals surface area (Å²) in [4.78, 5) is 0. The summed E-state index contributed by atoms with van der Waals surface area (Å²) >= 11 is 1.70. The summed E-state index contributed by atoms with van der Waals surface area (Å²) in [7, 11) is 1.90. The van der Waals surface area contributed by atoms with Gasteiger partial charge in [0.1, 0.15) is 0 Å². The molecule has 1 aromatic rings. The number of nitrogens with one attached hydrogen (secondary N) is 1.